The van der Waals surface area contributed by atoms with Crippen molar-refractivity contribution in [1.29, 1.82) is 0 Å². The van der Waals surface area contributed by atoms with E-state index < -0.39 is 0 Å². The Kier molecular flexibility index (Phi) is 7.06. The number of piperidine rings is 1. The predicted molar refractivity (Wildman–Crippen MR) is 87.9 cm³/mol. The first kappa shape index (κ1) is 16.3. The van der Waals surface area contributed by atoms with Crippen molar-refractivity contribution in [3.8, 4) is 0 Å². The van der Waals surface area contributed by atoms with E-state index in [2.05, 4.69) is 22.8 Å². The maximum Gasteiger partial charge on any atom is 0.241 e. The molecule has 0 spiro atoms. The molecule has 0 saturated carbocycles. The normalized spacial score (nSPS) is 18.4. The summed E-state index contributed by atoms with van der Waals surface area (Å²) in [6.07, 6.45) is 4.27. The summed E-state index contributed by atoms with van der Waals surface area (Å²) < 4.78 is 5.03. The van der Waals surface area contributed by atoms with Gasteiger partial charge in [-0.1, -0.05) is 6.42 Å². The Hall–Kier alpha value is -1.04. The van der Waals surface area contributed by atoms with Crippen LogP contribution < -0.4 is 10.6 Å². The molecule has 116 valence electrons. The molecule has 2 rings (SSSR count). The molecular weight excluding hydrogens is 284 g/mol. The number of methoxy groups -OCH3 is 1. The van der Waals surface area contributed by atoms with E-state index in [1.165, 1.54) is 11.3 Å². The van der Waals surface area contributed by atoms with Crippen molar-refractivity contribution >= 4 is 23.4 Å². The molecule has 2 N–H and O–H groups in total. The molecule has 1 fully saturated rings. The van der Waals surface area contributed by atoms with Crippen LogP contribution in [0.1, 0.15) is 25.7 Å². The van der Waals surface area contributed by atoms with Gasteiger partial charge in [0.15, 0.2) is 0 Å². The van der Waals surface area contributed by atoms with Gasteiger partial charge in [-0.25, -0.2) is 0 Å². The van der Waals surface area contributed by atoms with E-state index in [0.717, 1.165) is 43.9 Å². The van der Waals surface area contributed by atoms with E-state index in [4.69, 9.17) is 4.74 Å². The molecule has 1 saturated heterocycles. The van der Waals surface area contributed by atoms with Crippen LogP contribution in [0.4, 0.5) is 5.69 Å². The van der Waals surface area contributed by atoms with Gasteiger partial charge < -0.3 is 15.4 Å². The molecule has 0 unspecified atom stereocenters. The van der Waals surface area contributed by atoms with Gasteiger partial charge in [-0.3, -0.25) is 4.79 Å². The average molecular weight is 308 g/mol. The van der Waals surface area contributed by atoms with Crippen LogP contribution in [0.3, 0.4) is 0 Å². The molecule has 1 aromatic carbocycles. The maximum absolute atomic E-state index is 12.1. The summed E-state index contributed by atoms with van der Waals surface area (Å²) in [4.78, 5) is 13.3. The molecular formula is C16H24N2O2S. The third kappa shape index (κ3) is 5.69. The van der Waals surface area contributed by atoms with Crippen LogP contribution in [-0.2, 0) is 9.53 Å². The Balaban J connectivity index is 1.77. The van der Waals surface area contributed by atoms with Crippen LogP contribution in [0, 0.1) is 0 Å². The van der Waals surface area contributed by atoms with Crippen molar-refractivity contribution in [1.82, 2.24) is 5.32 Å². The first-order valence-corrected chi connectivity index (χ1v) is 8.54. The highest BCUT2D eigenvalue weighted by molar-refractivity contribution is 7.99. The Morgan fingerprint density at radius 1 is 1.38 bits per heavy atom. The lowest BCUT2D eigenvalue weighted by Gasteiger charge is -2.22. The molecule has 1 heterocycles. The van der Waals surface area contributed by atoms with Crippen LogP contribution in [-0.4, -0.2) is 38.0 Å². The topological polar surface area (TPSA) is 50.4 Å². The Morgan fingerprint density at radius 2 is 2.19 bits per heavy atom. The fraction of sp³-hybridized carbons (Fsp3) is 0.562. The fourth-order valence-corrected chi connectivity index (χ4v) is 3.16. The number of hydrogen-bond donors (Lipinski definition) is 2. The number of benzene rings is 1. The van der Waals surface area contributed by atoms with E-state index in [-0.39, 0.29) is 11.9 Å². The van der Waals surface area contributed by atoms with Crippen LogP contribution in [0.25, 0.3) is 0 Å². The highest BCUT2D eigenvalue weighted by Crippen LogP contribution is 2.21. The van der Waals surface area contributed by atoms with Gasteiger partial charge in [-0.2, -0.15) is 0 Å². The molecule has 0 bridgehead atoms. The molecule has 1 amide bonds. The Labute approximate surface area is 131 Å². The third-order valence-corrected chi connectivity index (χ3v) is 4.61. The van der Waals surface area contributed by atoms with Crippen molar-refractivity contribution in [2.75, 3.05) is 31.3 Å². The van der Waals surface area contributed by atoms with Crippen molar-refractivity contribution in [3.05, 3.63) is 24.3 Å². The third-order valence-electron chi connectivity index (χ3n) is 3.51. The number of rotatable bonds is 7. The minimum atomic E-state index is -0.0400. The lowest BCUT2D eigenvalue weighted by molar-refractivity contribution is -0.118. The largest absolute Gasteiger partial charge is 0.385 e. The summed E-state index contributed by atoms with van der Waals surface area (Å²) in [5, 5.41) is 6.25. The number of hydrogen-bond acceptors (Lipinski definition) is 4. The van der Waals surface area contributed by atoms with E-state index in [1.807, 2.05) is 23.9 Å². The SMILES string of the molecule is COCCCSc1ccc(NC(=O)[C@H]2CCCCN2)cc1. The van der Waals surface area contributed by atoms with Gasteiger partial charge in [0.1, 0.15) is 0 Å². The van der Waals surface area contributed by atoms with Gasteiger partial charge in [0.25, 0.3) is 0 Å². The van der Waals surface area contributed by atoms with Crippen molar-refractivity contribution in [2.24, 2.45) is 0 Å². The number of thioether (sulfide) groups is 1. The Bertz CT molecular complexity index is 430. The van der Waals surface area contributed by atoms with Gasteiger partial charge in [0, 0.05) is 30.1 Å². The van der Waals surface area contributed by atoms with Crippen molar-refractivity contribution < 1.29 is 9.53 Å². The van der Waals surface area contributed by atoms with E-state index in [1.54, 1.807) is 7.11 Å². The minimum Gasteiger partial charge on any atom is -0.385 e. The second kappa shape index (κ2) is 9.07. The lowest BCUT2D eigenvalue weighted by Crippen LogP contribution is -2.43. The highest BCUT2D eigenvalue weighted by atomic mass is 32.2. The van der Waals surface area contributed by atoms with E-state index >= 15 is 0 Å². The summed E-state index contributed by atoms with van der Waals surface area (Å²) in [7, 11) is 1.73. The van der Waals surface area contributed by atoms with E-state index in [9.17, 15) is 4.79 Å². The van der Waals surface area contributed by atoms with Crippen LogP contribution in [0.5, 0.6) is 0 Å². The fourth-order valence-electron chi connectivity index (χ4n) is 2.33. The molecule has 5 heteroatoms. The molecule has 0 aromatic heterocycles. The molecule has 0 aliphatic carbocycles. The average Bonchev–Trinajstić information content (AvgIpc) is 2.54. The van der Waals surface area contributed by atoms with Crippen molar-refractivity contribution in [2.45, 2.75) is 36.6 Å². The summed E-state index contributed by atoms with van der Waals surface area (Å²) >= 11 is 1.81. The lowest BCUT2D eigenvalue weighted by atomic mass is 10.0. The zero-order chi connectivity index (χ0) is 14.9. The standard InChI is InChI=1S/C16H24N2O2S/c1-20-11-4-12-21-14-8-6-13(7-9-14)18-16(19)15-5-2-3-10-17-15/h6-9,15,17H,2-5,10-12H2,1H3,(H,18,19)/t15-/m1/s1. The minimum absolute atomic E-state index is 0.0400. The van der Waals surface area contributed by atoms with Gasteiger partial charge in [-0.15, -0.1) is 11.8 Å². The summed E-state index contributed by atoms with van der Waals surface area (Å²) in [5.74, 6) is 1.13. The zero-order valence-electron chi connectivity index (χ0n) is 12.6. The molecule has 1 atom stereocenters. The second-order valence-electron chi connectivity index (χ2n) is 5.21. The molecule has 1 aromatic rings. The number of nitrogens with one attached hydrogen (secondary N) is 2. The number of carbonyl (C=O) groups excluding carboxylic acids is 1. The number of amides is 1. The molecule has 21 heavy (non-hydrogen) atoms. The number of carbonyl (C=O) groups is 1. The molecule has 1 aliphatic heterocycles. The van der Waals surface area contributed by atoms with Gasteiger partial charge >= 0.3 is 0 Å². The Morgan fingerprint density at radius 3 is 2.86 bits per heavy atom. The quantitative estimate of drug-likeness (QED) is 0.601. The second-order valence-corrected chi connectivity index (χ2v) is 6.38. The van der Waals surface area contributed by atoms with Crippen molar-refractivity contribution in [3.63, 3.8) is 0 Å². The monoisotopic (exact) mass is 308 g/mol. The molecule has 0 radical (unpaired) electrons. The van der Waals surface area contributed by atoms with E-state index in [0.29, 0.717) is 0 Å². The van der Waals surface area contributed by atoms with Crippen LogP contribution >= 0.6 is 11.8 Å². The number of ether oxygens (including phenoxy) is 1. The molecule has 1 aliphatic rings. The predicted octanol–water partition coefficient (Wildman–Crippen LogP) is 2.90. The summed E-state index contributed by atoms with van der Waals surface area (Å²) in [5.41, 5.74) is 0.869. The molecule has 4 nitrogen and oxygen atoms in total. The zero-order valence-corrected chi connectivity index (χ0v) is 13.4. The van der Waals surface area contributed by atoms with Gasteiger partial charge in [0.05, 0.1) is 6.04 Å². The highest BCUT2D eigenvalue weighted by Gasteiger charge is 2.20. The first-order chi connectivity index (χ1) is 10.3. The first-order valence-electron chi connectivity index (χ1n) is 7.55. The number of anilines is 1. The summed E-state index contributed by atoms with van der Waals surface area (Å²) in [6.45, 7) is 1.74. The van der Waals surface area contributed by atoms with Crippen LogP contribution in [0.15, 0.2) is 29.2 Å². The van der Waals surface area contributed by atoms with Gasteiger partial charge in [-0.05, 0) is 50.1 Å². The summed E-state index contributed by atoms with van der Waals surface area (Å²) in [6, 6.07) is 8.02. The maximum atomic E-state index is 12.1. The van der Waals surface area contributed by atoms with Crippen LogP contribution in [0.2, 0.25) is 0 Å². The smallest absolute Gasteiger partial charge is 0.241 e. The van der Waals surface area contributed by atoms with Gasteiger partial charge in [0.2, 0.25) is 5.91 Å².